The van der Waals surface area contributed by atoms with Crippen molar-refractivity contribution < 1.29 is 13.2 Å². The van der Waals surface area contributed by atoms with Gasteiger partial charge in [-0.2, -0.15) is 17.0 Å². The molecule has 2 rings (SSSR count). The molecule has 8 heteroatoms. The number of likely N-dealkylation sites (N-methyl/N-ethyl adjacent to an activating group) is 1. The van der Waals surface area contributed by atoms with Gasteiger partial charge in [0.05, 0.1) is 6.54 Å². The van der Waals surface area contributed by atoms with Crippen LogP contribution in [0.1, 0.15) is 12.5 Å². The zero-order valence-electron chi connectivity index (χ0n) is 13.1. The Labute approximate surface area is 140 Å². The lowest BCUT2D eigenvalue weighted by molar-refractivity contribution is -0.119. The molecular formula is C14H20BrN3O3S. The predicted octanol–water partition coefficient (Wildman–Crippen LogP) is 1.46. The summed E-state index contributed by atoms with van der Waals surface area (Å²) in [6.45, 7) is 1.78. The van der Waals surface area contributed by atoms with Gasteiger partial charge in [-0.15, -0.1) is 0 Å². The lowest BCUT2D eigenvalue weighted by atomic mass is 10.1. The molecule has 1 aromatic carbocycles. The summed E-state index contributed by atoms with van der Waals surface area (Å²) in [4.78, 5) is 14.3. The van der Waals surface area contributed by atoms with Crippen molar-refractivity contribution in [2.45, 2.75) is 19.4 Å². The van der Waals surface area contributed by atoms with E-state index in [4.69, 9.17) is 0 Å². The highest BCUT2D eigenvalue weighted by molar-refractivity contribution is 9.10. The number of halogens is 1. The molecule has 1 heterocycles. The lowest BCUT2D eigenvalue weighted by Crippen LogP contribution is -2.46. The van der Waals surface area contributed by atoms with E-state index in [1.54, 1.807) is 4.90 Å². The highest BCUT2D eigenvalue weighted by Gasteiger charge is 2.33. The van der Waals surface area contributed by atoms with Crippen molar-refractivity contribution in [3.8, 4) is 0 Å². The molecule has 0 aliphatic carbocycles. The molecule has 22 heavy (non-hydrogen) atoms. The van der Waals surface area contributed by atoms with Crippen LogP contribution in [0.15, 0.2) is 22.7 Å². The first kappa shape index (κ1) is 17.4. The highest BCUT2D eigenvalue weighted by atomic mass is 79.9. The van der Waals surface area contributed by atoms with Gasteiger partial charge in [-0.05, 0) is 37.1 Å². The number of hydrogen-bond acceptors (Lipinski definition) is 3. The Morgan fingerprint density at radius 3 is 2.59 bits per heavy atom. The molecule has 0 unspecified atom stereocenters. The second-order valence-electron chi connectivity index (χ2n) is 5.64. The van der Waals surface area contributed by atoms with E-state index in [1.165, 1.54) is 21.1 Å². The quantitative estimate of drug-likeness (QED) is 0.782. The summed E-state index contributed by atoms with van der Waals surface area (Å²) in [6, 6.07) is 5.80. The van der Waals surface area contributed by atoms with E-state index in [-0.39, 0.29) is 18.5 Å². The molecular weight excluding hydrogens is 370 g/mol. The van der Waals surface area contributed by atoms with Crippen LogP contribution in [0.5, 0.6) is 0 Å². The highest BCUT2D eigenvalue weighted by Crippen LogP contribution is 2.34. The van der Waals surface area contributed by atoms with Gasteiger partial charge in [0.25, 0.3) is 10.2 Å². The van der Waals surface area contributed by atoms with E-state index in [0.29, 0.717) is 0 Å². The minimum absolute atomic E-state index is 0.0206. The van der Waals surface area contributed by atoms with Crippen LogP contribution >= 0.6 is 15.9 Å². The van der Waals surface area contributed by atoms with Crippen molar-refractivity contribution in [1.29, 1.82) is 0 Å². The Bertz CT molecular complexity index is 691. The van der Waals surface area contributed by atoms with E-state index in [0.717, 1.165) is 30.8 Å². The van der Waals surface area contributed by atoms with Crippen LogP contribution in [0.3, 0.4) is 0 Å². The summed E-state index contributed by atoms with van der Waals surface area (Å²) in [7, 11) is 0.714. The van der Waals surface area contributed by atoms with E-state index in [2.05, 4.69) is 15.9 Å². The molecule has 1 atom stereocenters. The molecule has 122 valence electrons. The number of amides is 1. The van der Waals surface area contributed by atoms with Crippen molar-refractivity contribution in [3.05, 3.63) is 28.2 Å². The van der Waals surface area contributed by atoms with Gasteiger partial charge in [-0.25, -0.2) is 0 Å². The van der Waals surface area contributed by atoms with Crippen LogP contribution in [0.4, 0.5) is 5.69 Å². The minimum Gasteiger partial charge on any atom is -0.308 e. The number of benzene rings is 1. The maximum Gasteiger partial charge on any atom is 0.281 e. The first-order valence-electron chi connectivity index (χ1n) is 6.89. The van der Waals surface area contributed by atoms with Gasteiger partial charge < -0.3 is 4.90 Å². The molecule has 1 aliphatic rings. The molecule has 0 spiro atoms. The number of nitrogens with zero attached hydrogens (tertiary/aromatic N) is 3. The van der Waals surface area contributed by atoms with Gasteiger partial charge in [-0.1, -0.05) is 15.9 Å². The number of anilines is 1. The van der Waals surface area contributed by atoms with E-state index in [1.807, 2.05) is 25.1 Å². The Hall–Kier alpha value is -0.960. The van der Waals surface area contributed by atoms with Crippen molar-refractivity contribution in [2.24, 2.45) is 0 Å². The smallest absolute Gasteiger partial charge is 0.281 e. The monoisotopic (exact) mass is 389 g/mol. The first-order valence-corrected chi connectivity index (χ1v) is 9.08. The average molecular weight is 390 g/mol. The second-order valence-corrected chi connectivity index (χ2v) is 8.80. The van der Waals surface area contributed by atoms with Gasteiger partial charge in [-0.3, -0.25) is 4.79 Å². The van der Waals surface area contributed by atoms with Gasteiger partial charge in [0.2, 0.25) is 5.91 Å². The first-order chi connectivity index (χ1) is 10.1. The van der Waals surface area contributed by atoms with Crippen LogP contribution in [-0.4, -0.2) is 56.7 Å². The summed E-state index contributed by atoms with van der Waals surface area (Å²) in [5.41, 5.74) is 1.95. The number of rotatable bonds is 4. The Kier molecular flexibility index (Phi) is 4.96. The standard InChI is InChI=1S/C14H20BrN3O3S/c1-10-7-11-8-12(15)5-6-13(11)18(10)14(19)9-17(4)22(20,21)16(2)3/h5-6,8,10H,7,9H2,1-4H3/t10-/m0/s1. The zero-order valence-corrected chi connectivity index (χ0v) is 15.5. The predicted molar refractivity (Wildman–Crippen MR) is 90.0 cm³/mol. The second kappa shape index (κ2) is 6.27. The molecule has 0 fully saturated rings. The molecule has 0 saturated carbocycles. The maximum absolute atomic E-state index is 12.6. The number of fused-ring (bicyclic) bond motifs is 1. The summed E-state index contributed by atoms with van der Waals surface area (Å²) in [6.07, 6.45) is 0.769. The van der Waals surface area contributed by atoms with Gasteiger partial charge in [0.1, 0.15) is 0 Å². The lowest BCUT2D eigenvalue weighted by Gasteiger charge is -2.26. The molecule has 0 aromatic heterocycles. The minimum atomic E-state index is -3.59. The largest absolute Gasteiger partial charge is 0.308 e. The summed E-state index contributed by atoms with van der Waals surface area (Å²) < 4.78 is 27.2. The molecule has 0 bridgehead atoms. The van der Waals surface area contributed by atoms with E-state index in [9.17, 15) is 13.2 Å². The molecule has 1 aliphatic heterocycles. The van der Waals surface area contributed by atoms with Gasteiger partial charge in [0.15, 0.2) is 0 Å². The Morgan fingerprint density at radius 1 is 1.36 bits per heavy atom. The van der Waals surface area contributed by atoms with Gasteiger partial charge in [0, 0.05) is 37.3 Å². The normalized spacial score (nSPS) is 18.1. The number of carbonyl (C=O) groups excluding carboxylic acids is 1. The van der Waals surface area contributed by atoms with Crippen molar-refractivity contribution in [2.75, 3.05) is 32.6 Å². The topological polar surface area (TPSA) is 60.9 Å². The molecule has 0 saturated heterocycles. The van der Waals surface area contributed by atoms with Crippen molar-refractivity contribution in [3.63, 3.8) is 0 Å². The molecule has 1 aromatic rings. The van der Waals surface area contributed by atoms with Crippen LogP contribution in [-0.2, 0) is 21.4 Å². The van der Waals surface area contributed by atoms with E-state index >= 15 is 0 Å². The maximum atomic E-state index is 12.6. The molecule has 0 N–H and O–H groups in total. The van der Waals surface area contributed by atoms with Crippen LogP contribution < -0.4 is 4.90 Å². The SMILES string of the molecule is C[C@H]1Cc2cc(Br)ccc2N1C(=O)CN(C)S(=O)(=O)N(C)C. The Balaban J connectivity index is 2.21. The van der Waals surface area contributed by atoms with Crippen molar-refractivity contribution >= 4 is 37.7 Å². The third-order valence-electron chi connectivity index (χ3n) is 3.74. The summed E-state index contributed by atoms with van der Waals surface area (Å²) in [5, 5.41) is 0. The van der Waals surface area contributed by atoms with Gasteiger partial charge >= 0.3 is 0 Å². The molecule has 6 nitrogen and oxygen atoms in total. The van der Waals surface area contributed by atoms with E-state index < -0.39 is 10.2 Å². The third kappa shape index (κ3) is 3.19. The molecule has 0 radical (unpaired) electrons. The fourth-order valence-electron chi connectivity index (χ4n) is 2.61. The Morgan fingerprint density at radius 2 is 2.00 bits per heavy atom. The number of hydrogen-bond donors (Lipinski definition) is 0. The number of carbonyl (C=O) groups is 1. The fraction of sp³-hybridized carbons (Fsp3) is 0.500. The summed E-state index contributed by atoms with van der Waals surface area (Å²) in [5.74, 6) is -0.221. The molecule has 1 amide bonds. The van der Waals surface area contributed by atoms with Crippen LogP contribution in [0.25, 0.3) is 0 Å². The van der Waals surface area contributed by atoms with Crippen molar-refractivity contribution in [1.82, 2.24) is 8.61 Å². The summed E-state index contributed by atoms with van der Waals surface area (Å²) >= 11 is 3.43. The average Bonchev–Trinajstić information content (AvgIpc) is 2.73. The fourth-order valence-corrected chi connectivity index (χ4v) is 3.85. The third-order valence-corrected chi connectivity index (χ3v) is 6.07. The van der Waals surface area contributed by atoms with Crippen LogP contribution in [0.2, 0.25) is 0 Å². The zero-order chi connectivity index (χ0) is 16.7. The van der Waals surface area contributed by atoms with Crippen LogP contribution in [0, 0.1) is 0 Å².